The van der Waals surface area contributed by atoms with Crippen LogP contribution in [0.15, 0.2) is 42.5 Å². The van der Waals surface area contributed by atoms with Crippen LogP contribution in [-0.4, -0.2) is 31.5 Å². The Morgan fingerprint density at radius 2 is 1.90 bits per heavy atom. The molecule has 1 saturated carbocycles. The van der Waals surface area contributed by atoms with Gasteiger partial charge in [0.05, 0.1) is 12.8 Å². The number of rotatable bonds is 5. The summed E-state index contributed by atoms with van der Waals surface area (Å²) in [4.78, 5) is 26.8. The number of aryl methyl sites for hydroxylation is 1. The highest BCUT2D eigenvalue weighted by Crippen LogP contribution is 2.38. The lowest BCUT2D eigenvalue weighted by molar-refractivity contribution is -0.114. The first kappa shape index (κ1) is 19.2. The number of anilines is 1. The molecule has 0 saturated heterocycles. The fraction of sp³-hybridized carbons (Fsp3) is 0.333. The van der Waals surface area contributed by atoms with E-state index in [0.29, 0.717) is 18.2 Å². The van der Waals surface area contributed by atoms with Gasteiger partial charge in [-0.3, -0.25) is 9.59 Å². The molecule has 0 radical (unpaired) electrons. The van der Waals surface area contributed by atoms with Crippen molar-refractivity contribution in [1.82, 2.24) is 5.32 Å². The van der Waals surface area contributed by atoms with Gasteiger partial charge in [0.1, 0.15) is 5.75 Å². The molecule has 5 heteroatoms. The van der Waals surface area contributed by atoms with Crippen molar-refractivity contribution in [2.24, 2.45) is 0 Å². The minimum atomic E-state index is -0.0644. The molecule has 1 aliphatic heterocycles. The Morgan fingerprint density at radius 3 is 2.59 bits per heavy atom. The quantitative estimate of drug-likeness (QED) is 0.788. The smallest absolute Gasteiger partial charge is 0.251 e. The minimum absolute atomic E-state index is 0.0357. The van der Waals surface area contributed by atoms with Crippen molar-refractivity contribution in [3.8, 4) is 5.75 Å². The number of nitrogens with zero attached hydrogens (tertiary/aromatic N) is 1. The van der Waals surface area contributed by atoms with Crippen molar-refractivity contribution >= 4 is 23.6 Å². The largest absolute Gasteiger partial charge is 0.495 e. The van der Waals surface area contributed by atoms with E-state index in [1.165, 1.54) is 11.1 Å². The Morgan fingerprint density at radius 1 is 1.14 bits per heavy atom. The maximum atomic E-state index is 12.9. The fourth-order valence-corrected chi connectivity index (χ4v) is 3.74. The van der Waals surface area contributed by atoms with Crippen LogP contribution in [0.4, 0.5) is 5.69 Å². The second-order valence-electron chi connectivity index (χ2n) is 7.71. The SMILES string of the molecule is COc1ccc(C)c2c1N(C(=O)/C=C/c1ccc(C(=O)NC3CC3)cc1)CCC2. The summed E-state index contributed by atoms with van der Waals surface area (Å²) in [7, 11) is 1.64. The summed E-state index contributed by atoms with van der Waals surface area (Å²) < 4.78 is 5.52. The molecule has 0 bridgehead atoms. The molecule has 2 aliphatic rings. The highest BCUT2D eigenvalue weighted by molar-refractivity contribution is 6.05. The Balaban J connectivity index is 1.49. The standard InChI is InChI=1S/C24H26N2O3/c1-16-5-13-21(29-2)23-20(16)4-3-15-26(23)22(27)14-8-17-6-9-18(10-7-17)24(28)25-19-11-12-19/h5-10,13-14,19H,3-4,11-12,15H2,1-2H3,(H,25,28)/b14-8+. The third-order valence-electron chi connectivity index (χ3n) is 5.55. The second kappa shape index (κ2) is 8.11. The monoisotopic (exact) mass is 390 g/mol. The van der Waals surface area contributed by atoms with Gasteiger partial charge in [-0.05, 0) is 73.6 Å². The van der Waals surface area contributed by atoms with Crippen LogP contribution in [0.2, 0.25) is 0 Å². The van der Waals surface area contributed by atoms with Crippen molar-refractivity contribution in [3.63, 3.8) is 0 Å². The van der Waals surface area contributed by atoms with Gasteiger partial charge in [-0.15, -0.1) is 0 Å². The first-order valence-electron chi connectivity index (χ1n) is 10.1. The van der Waals surface area contributed by atoms with E-state index in [4.69, 9.17) is 4.74 Å². The highest BCUT2D eigenvalue weighted by Gasteiger charge is 2.26. The number of fused-ring (bicyclic) bond motifs is 1. The molecule has 1 N–H and O–H groups in total. The number of ether oxygens (including phenoxy) is 1. The Bertz CT molecular complexity index is 959. The lowest BCUT2D eigenvalue weighted by Gasteiger charge is -2.31. The molecule has 0 spiro atoms. The van der Waals surface area contributed by atoms with E-state index in [1.807, 2.05) is 24.3 Å². The number of benzene rings is 2. The summed E-state index contributed by atoms with van der Waals surface area (Å²) in [5.41, 5.74) is 4.78. The van der Waals surface area contributed by atoms with Crippen LogP contribution in [0.3, 0.4) is 0 Å². The summed E-state index contributed by atoms with van der Waals surface area (Å²) in [6, 6.07) is 11.6. The molecule has 150 valence electrons. The zero-order chi connectivity index (χ0) is 20.4. The van der Waals surface area contributed by atoms with Gasteiger partial charge in [-0.1, -0.05) is 18.2 Å². The molecule has 2 aromatic rings. The topological polar surface area (TPSA) is 58.6 Å². The van der Waals surface area contributed by atoms with Crippen LogP contribution in [0.5, 0.6) is 5.75 Å². The van der Waals surface area contributed by atoms with E-state index >= 15 is 0 Å². The Kier molecular flexibility index (Phi) is 5.38. The molecule has 2 aromatic carbocycles. The Labute approximate surface area is 171 Å². The van der Waals surface area contributed by atoms with Crippen molar-refractivity contribution < 1.29 is 14.3 Å². The summed E-state index contributed by atoms with van der Waals surface area (Å²) in [6.07, 6.45) is 7.41. The molecular formula is C24H26N2O3. The van der Waals surface area contributed by atoms with E-state index in [9.17, 15) is 9.59 Å². The number of amides is 2. The average molecular weight is 390 g/mol. The van der Waals surface area contributed by atoms with Gasteiger partial charge < -0.3 is 15.0 Å². The number of carbonyl (C=O) groups excluding carboxylic acids is 2. The van der Waals surface area contributed by atoms with Crippen LogP contribution in [0, 0.1) is 6.92 Å². The normalized spacial score (nSPS) is 15.9. The van der Waals surface area contributed by atoms with Crippen LogP contribution in [-0.2, 0) is 11.2 Å². The molecule has 29 heavy (non-hydrogen) atoms. The number of hydrogen-bond acceptors (Lipinski definition) is 3. The van der Waals surface area contributed by atoms with Crippen molar-refractivity contribution in [1.29, 1.82) is 0 Å². The molecule has 0 aromatic heterocycles. The van der Waals surface area contributed by atoms with Gasteiger partial charge in [0.25, 0.3) is 11.8 Å². The number of nitrogens with one attached hydrogen (secondary N) is 1. The van der Waals surface area contributed by atoms with E-state index in [-0.39, 0.29) is 11.8 Å². The molecule has 1 aliphatic carbocycles. The average Bonchev–Trinajstić information content (AvgIpc) is 3.56. The third kappa shape index (κ3) is 4.19. The van der Waals surface area contributed by atoms with Gasteiger partial charge in [0.2, 0.25) is 0 Å². The summed E-state index contributed by atoms with van der Waals surface area (Å²) >= 11 is 0. The van der Waals surface area contributed by atoms with E-state index in [1.54, 1.807) is 36.3 Å². The molecule has 1 heterocycles. The first-order chi connectivity index (χ1) is 14.1. The van der Waals surface area contributed by atoms with Crippen LogP contribution < -0.4 is 15.0 Å². The molecule has 2 amide bonds. The van der Waals surface area contributed by atoms with Crippen LogP contribution >= 0.6 is 0 Å². The van der Waals surface area contributed by atoms with Gasteiger partial charge in [0, 0.05) is 24.2 Å². The number of methoxy groups -OCH3 is 1. The Hall–Kier alpha value is -3.08. The maximum Gasteiger partial charge on any atom is 0.251 e. The number of hydrogen-bond donors (Lipinski definition) is 1. The van der Waals surface area contributed by atoms with E-state index in [0.717, 1.165) is 42.7 Å². The summed E-state index contributed by atoms with van der Waals surface area (Å²) in [5, 5.41) is 2.98. The molecule has 0 atom stereocenters. The molecule has 5 nitrogen and oxygen atoms in total. The van der Waals surface area contributed by atoms with Crippen molar-refractivity contribution in [2.75, 3.05) is 18.6 Å². The highest BCUT2D eigenvalue weighted by atomic mass is 16.5. The van der Waals surface area contributed by atoms with E-state index in [2.05, 4.69) is 12.2 Å². The summed E-state index contributed by atoms with van der Waals surface area (Å²) in [6.45, 7) is 2.75. The molecule has 4 rings (SSSR count). The lowest BCUT2D eigenvalue weighted by atomic mass is 9.96. The van der Waals surface area contributed by atoms with Crippen LogP contribution in [0.25, 0.3) is 6.08 Å². The third-order valence-corrected chi connectivity index (χ3v) is 5.55. The molecule has 1 fully saturated rings. The van der Waals surface area contributed by atoms with Gasteiger partial charge in [-0.25, -0.2) is 0 Å². The lowest BCUT2D eigenvalue weighted by Crippen LogP contribution is -2.34. The molecule has 0 unspecified atom stereocenters. The second-order valence-corrected chi connectivity index (χ2v) is 7.71. The van der Waals surface area contributed by atoms with Crippen molar-refractivity contribution in [3.05, 3.63) is 64.7 Å². The fourth-order valence-electron chi connectivity index (χ4n) is 3.74. The predicted octanol–water partition coefficient (Wildman–Crippen LogP) is 3.89. The van der Waals surface area contributed by atoms with Crippen LogP contribution in [0.1, 0.15) is 46.3 Å². The molecular weight excluding hydrogens is 364 g/mol. The van der Waals surface area contributed by atoms with Gasteiger partial charge >= 0.3 is 0 Å². The summed E-state index contributed by atoms with van der Waals surface area (Å²) in [5.74, 6) is 0.634. The minimum Gasteiger partial charge on any atom is -0.495 e. The number of carbonyl (C=O) groups is 2. The zero-order valence-electron chi connectivity index (χ0n) is 16.9. The first-order valence-corrected chi connectivity index (χ1v) is 10.1. The predicted molar refractivity (Wildman–Crippen MR) is 114 cm³/mol. The van der Waals surface area contributed by atoms with Gasteiger partial charge in [0.15, 0.2) is 0 Å². The van der Waals surface area contributed by atoms with Crippen molar-refractivity contribution in [2.45, 2.75) is 38.6 Å². The van der Waals surface area contributed by atoms with Gasteiger partial charge in [-0.2, -0.15) is 0 Å². The zero-order valence-corrected chi connectivity index (χ0v) is 16.9. The maximum absolute atomic E-state index is 12.9. The van der Waals surface area contributed by atoms with E-state index < -0.39 is 0 Å².